The van der Waals surface area contributed by atoms with Gasteiger partial charge in [-0.05, 0) is 42.7 Å². The topological polar surface area (TPSA) is 183 Å². The molecule has 0 saturated heterocycles. The van der Waals surface area contributed by atoms with Gasteiger partial charge in [0.1, 0.15) is 11.8 Å². The first-order valence-electron chi connectivity index (χ1n) is 12.5. The van der Waals surface area contributed by atoms with Gasteiger partial charge in [0.15, 0.2) is 0 Å². The Morgan fingerprint density at radius 2 is 1.62 bits per heavy atom. The normalized spacial score (nSPS) is 11.1. The summed E-state index contributed by atoms with van der Waals surface area (Å²) in [5, 5.41) is 16.9. The number of ether oxygens (including phenoxy) is 1. The standard InChI is InChI=1S/C27H36N6O7/c1-17-8-5-6-9-19(17)29-26(38)30-20-11-10-18(14-22(20)40-4)15-24(35)32(2)12-7-13-33(3)27(39)31-21(25(36)37)16-23(28)34/h5-6,8-11,14,21H,7,12-13,15-16H2,1-4H3,(H2,28,34)(H,31,39)(H,36,37)(H2,29,30,38). The van der Waals surface area contributed by atoms with Gasteiger partial charge in [0.2, 0.25) is 11.8 Å². The fraction of sp³-hybridized carbons (Fsp3) is 0.370. The Morgan fingerprint density at radius 3 is 2.25 bits per heavy atom. The molecule has 216 valence electrons. The second-order valence-electron chi connectivity index (χ2n) is 9.21. The Balaban J connectivity index is 1.86. The molecule has 0 radical (unpaired) electrons. The van der Waals surface area contributed by atoms with Crippen LogP contribution in [0.1, 0.15) is 24.0 Å². The molecule has 0 aromatic heterocycles. The molecular formula is C27H36N6O7. The first kappa shape index (κ1) is 31.4. The maximum Gasteiger partial charge on any atom is 0.326 e. The number of rotatable bonds is 13. The maximum atomic E-state index is 12.7. The SMILES string of the molecule is COc1cc(CC(=O)N(C)CCCN(C)C(=O)NC(CC(N)=O)C(=O)O)ccc1NC(=O)Nc1ccccc1C. The number of amides is 6. The fourth-order valence-electron chi connectivity index (χ4n) is 3.68. The number of anilines is 2. The summed E-state index contributed by atoms with van der Waals surface area (Å²) in [6.45, 7) is 2.47. The number of carboxylic acids is 1. The van der Waals surface area contributed by atoms with Crippen LogP contribution in [0.5, 0.6) is 5.75 Å². The minimum atomic E-state index is -1.42. The summed E-state index contributed by atoms with van der Waals surface area (Å²) in [5.41, 5.74) is 7.76. The number of carbonyl (C=O) groups excluding carboxylic acids is 4. The van der Waals surface area contributed by atoms with E-state index in [4.69, 9.17) is 15.6 Å². The molecule has 6 N–H and O–H groups in total. The molecule has 13 heteroatoms. The van der Waals surface area contributed by atoms with Crippen LogP contribution in [0.25, 0.3) is 0 Å². The minimum absolute atomic E-state index is 0.0896. The van der Waals surface area contributed by atoms with E-state index in [1.54, 1.807) is 31.3 Å². The van der Waals surface area contributed by atoms with Crippen LogP contribution in [-0.2, 0) is 20.8 Å². The molecule has 2 aromatic carbocycles. The zero-order chi connectivity index (χ0) is 29.8. The van der Waals surface area contributed by atoms with E-state index in [-0.39, 0.29) is 18.9 Å². The van der Waals surface area contributed by atoms with Gasteiger partial charge in [-0.25, -0.2) is 14.4 Å². The molecule has 0 bridgehead atoms. The molecule has 13 nitrogen and oxygen atoms in total. The van der Waals surface area contributed by atoms with Gasteiger partial charge < -0.3 is 41.3 Å². The van der Waals surface area contributed by atoms with Crippen molar-refractivity contribution in [1.82, 2.24) is 15.1 Å². The number of aliphatic carboxylic acids is 1. The Kier molecular flexibility index (Phi) is 11.7. The highest BCUT2D eigenvalue weighted by Gasteiger charge is 2.23. The number of hydrogen-bond acceptors (Lipinski definition) is 6. The van der Waals surface area contributed by atoms with Crippen LogP contribution in [0, 0.1) is 6.92 Å². The van der Waals surface area contributed by atoms with Crippen LogP contribution >= 0.6 is 0 Å². The number of hydrogen-bond donors (Lipinski definition) is 5. The third kappa shape index (κ3) is 9.82. The summed E-state index contributed by atoms with van der Waals surface area (Å²) in [4.78, 5) is 62.4. The average Bonchev–Trinajstić information content (AvgIpc) is 2.89. The van der Waals surface area contributed by atoms with Crippen LogP contribution in [0.2, 0.25) is 0 Å². The summed E-state index contributed by atoms with van der Waals surface area (Å²) in [5.74, 6) is -1.98. The predicted octanol–water partition coefficient (Wildman–Crippen LogP) is 2.01. The van der Waals surface area contributed by atoms with Crippen LogP contribution in [0.3, 0.4) is 0 Å². The highest BCUT2D eigenvalue weighted by atomic mass is 16.5. The first-order chi connectivity index (χ1) is 18.9. The molecule has 0 aliphatic heterocycles. The number of nitrogens with zero attached hydrogens (tertiary/aromatic N) is 2. The van der Waals surface area contributed by atoms with Gasteiger partial charge in [-0.1, -0.05) is 24.3 Å². The predicted molar refractivity (Wildman–Crippen MR) is 149 cm³/mol. The van der Waals surface area contributed by atoms with Crippen molar-refractivity contribution in [3.8, 4) is 5.75 Å². The van der Waals surface area contributed by atoms with Crippen molar-refractivity contribution in [3.05, 3.63) is 53.6 Å². The Bertz CT molecular complexity index is 1240. The number of carbonyl (C=O) groups is 5. The summed E-state index contributed by atoms with van der Waals surface area (Å²) < 4.78 is 5.41. The van der Waals surface area contributed by atoms with E-state index in [0.29, 0.717) is 35.7 Å². The number of para-hydroxylation sites is 1. The van der Waals surface area contributed by atoms with E-state index in [1.807, 2.05) is 25.1 Å². The second-order valence-corrected chi connectivity index (χ2v) is 9.21. The number of methoxy groups -OCH3 is 1. The van der Waals surface area contributed by atoms with Crippen molar-refractivity contribution in [2.45, 2.75) is 32.2 Å². The highest BCUT2D eigenvalue weighted by molar-refractivity contribution is 6.01. The monoisotopic (exact) mass is 556 g/mol. The minimum Gasteiger partial charge on any atom is -0.495 e. The molecule has 40 heavy (non-hydrogen) atoms. The molecule has 0 fully saturated rings. The number of nitrogens with two attached hydrogens (primary N) is 1. The van der Waals surface area contributed by atoms with E-state index >= 15 is 0 Å². The van der Waals surface area contributed by atoms with Crippen LogP contribution in [-0.4, -0.2) is 85.1 Å². The highest BCUT2D eigenvalue weighted by Crippen LogP contribution is 2.26. The van der Waals surface area contributed by atoms with Gasteiger partial charge in [0.25, 0.3) is 0 Å². The third-order valence-electron chi connectivity index (χ3n) is 6.02. The summed E-state index contributed by atoms with van der Waals surface area (Å²) in [6, 6.07) is 9.94. The van der Waals surface area contributed by atoms with Gasteiger partial charge in [0.05, 0.1) is 25.6 Å². The number of aryl methyl sites for hydroxylation is 1. The zero-order valence-corrected chi connectivity index (χ0v) is 23.0. The van der Waals surface area contributed by atoms with Gasteiger partial charge in [-0.2, -0.15) is 0 Å². The second kappa shape index (κ2) is 15.0. The van der Waals surface area contributed by atoms with Gasteiger partial charge in [-0.15, -0.1) is 0 Å². The van der Waals surface area contributed by atoms with E-state index in [1.165, 1.54) is 24.0 Å². The van der Waals surface area contributed by atoms with Crippen LogP contribution < -0.4 is 26.4 Å². The molecule has 0 heterocycles. The molecular weight excluding hydrogens is 520 g/mol. The van der Waals surface area contributed by atoms with Crippen molar-refractivity contribution in [2.75, 3.05) is 44.9 Å². The fourth-order valence-corrected chi connectivity index (χ4v) is 3.68. The lowest BCUT2D eigenvalue weighted by Crippen LogP contribution is -2.48. The van der Waals surface area contributed by atoms with Crippen molar-refractivity contribution >= 4 is 41.2 Å². The van der Waals surface area contributed by atoms with Crippen molar-refractivity contribution in [2.24, 2.45) is 5.73 Å². The molecule has 2 rings (SSSR count). The van der Waals surface area contributed by atoms with Crippen LogP contribution in [0.15, 0.2) is 42.5 Å². The van der Waals surface area contributed by atoms with Crippen molar-refractivity contribution < 1.29 is 33.8 Å². The van der Waals surface area contributed by atoms with Gasteiger partial charge >= 0.3 is 18.0 Å². The molecule has 0 aliphatic carbocycles. The number of urea groups is 2. The molecule has 1 unspecified atom stereocenters. The third-order valence-corrected chi connectivity index (χ3v) is 6.02. The molecule has 0 spiro atoms. The zero-order valence-electron chi connectivity index (χ0n) is 23.0. The van der Waals surface area contributed by atoms with E-state index in [0.717, 1.165) is 5.56 Å². The first-order valence-corrected chi connectivity index (χ1v) is 12.5. The average molecular weight is 557 g/mol. The van der Waals surface area contributed by atoms with Crippen molar-refractivity contribution in [1.29, 1.82) is 0 Å². The largest absolute Gasteiger partial charge is 0.495 e. The number of nitrogens with one attached hydrogen (secondary N) is 3. The number of likely N-dealkylation sites (N-methyl/N-ethyl adjacent to an activating group) is 1. The lowest BCUT2D eigenvalue weighted by Gasteiger charge is -2.23. The lowest BCUT2D eigenvalue weighted by molar-refractivity contribution is -0.141. The molecule has 0 saturated carbocycles. The van der Waals surface area contributed by atoms with Crippen LogP contribution in [0.4, 0.5) is 21.0 Å². The number of benzene rings is 2. The Hall–Kier alpha value is -4.81. The Morgan fingerprint density at radius 1 is 0.975 bits per heavy atom. The van der Waals surface area contributed by atoms with Crippen molar-refractivity contribution in [3.63, 3.8) is 0 Å². The lowest BCUT2D eigenvalue weighted by atomic mass is 10.1. The molecule has 6 amide bonds. The van der Waals surface area contributed by atoms with E-state index in [9.17, 15) is 24.0 Å². The number of primary amides is 1. The summed E-state index contributed by atoms with van der Waals surface area (Å²) in [6.07, 6.45) is 0.00272. The number of carboxylic acid groups (broad SMARTS) is 1. The van der Waals surface area contributed by atoms with Gasteiger partial charge in [-0.3, -0.25) is 9.59 Å². The summed E-state index contributed by atoms with van der Waals surface area (Å²) >= 11 is 0. The molecule has 1 atom stereocenters. The van der Waals surface area contributed by atoms with E-state index in [2.05, 4.69) is 16.0 Å². The molecule has 0 aliphatic rings. The smallest absolute Gasteiger partial charge is 0.326 e. The maximum absolute atomic E-state index is 12.7. The van der Waals surface area contributed by atoms with E-state index < -0.39 is 36.4 Å². The van der Waals surface area contributed by atoms with Gasteiger partial charge in [0, 0.05) is 32.9 Å². The Labute approximate surface area is 232 Å². The molecule has 2 aromatic rings. The quantitative estimate of drug-likeness (QED) is 0.250. The summed E-state index contributed by atoms with van der Waals surface area (Å²) in [7, 11) is 4.58.